The summed E-state index contributed by atoms with van der Waals surface area (Å²) < 4.78 is 0. The summed E-state index contributed by atoms with van der Waals surface area (Å²) in [5.74, 6) is 0.588. The van der Waals surface area contributed by atoms with Crippen molar-refractivity contribution in [3.63, 3.8) is 0 Å². The van der Waals surface area contributed by atoms with Crippen LogP contribution in [0.1, 0.15) is 11.5 Å². The van der Waals surface area contributed by atoms with Crippen LogP contribution in [0.2, 0.25) is 0 Å². The highest BCUT2D eigenvalue weighted by atomic mass is 16.8. The molecular weight excluding hydrogens is 238 g/mol. The molecule has 0 amide bonds. The number of H-pyrrole nitrogens is 1. The minimum atomic E-state index is -0.915. The highest BCUT2D eigenvalue weighted by Crippen LogP contribution is 2.13. The molecule has 0 radical (unpaired) electrons. The van der Waals surface area contributed by atoms with E-state index in [2.05, 4.69) is 9.97 Å². The van der Waals surface area contributed by atoms with Crippen molar-refractivity contribution in [2.24, 2.45) is 0 Å². The minimum Gasteiger partial charge on any atom is -0.579 e. The second kappa shape index (κ2) is 5.02. The molecule has 1 aromatic rings. The number of piperazine rings is 1. The number of hydrogen-bond donors (Lipinski definition) is 3. The van der Waals surface area contributed by atoms with Crippen LogP contribution in [0.25, 0.3) is 0 Å². The predicted molar refractivity (Wildman–Crippen MR) is 64.2 cm³/mol. The normalized spacial score (nSPS) is 19.0. The van der Waals surface area contributed by atoms with Crippen LogP contribution in [0.5, 0.6) is 0 Å². The summed E-state index contributed by atoms with van der Waals surface area (Å²) in [4.78, 5) is 20.7. The van der Waals surface area contributed by atoms with E-state index in [-0.39, 0.29) is 5.56 Å². The summed E-state index contributed by atoms with van der Waals surface area (Å²) in [6, 6.07) is 0. The average Bonchev–Trinajstić information content (AvgIpc) is 2.28. The first-order valence-electron chi connectivity index (χ1n) is 5.79. The molecule has 1 atom stereocenters. The standard InChI is InChI=1S/C10H17N5O3/c1-7-9(10(16)12-8(2)11-7)13-3-5-14(6-4-13)15(17)18/h15,17H,3-6H2,1-2H3,(H,11,12,16). The Morgan fingerprint density at radius 1 is 1.33 bits per heavy atom. The van der Waals surface area contributed by atoms with Crippen molar-refractivity contribution in [2.75, 3.05) is 31.1 Å². The van der Waals surface area contributed by atoms with Gasteiger partial charge in [-0.15, -0.1) is 10.3 Å². The van der Waals surface area contributed by atoms with E-state index in [1.165, 1.54) is 5.01 Å². The summed E-state index contributed by atoms with van der Waals surface area (Å²) in [5.41, 5.74) is 1.06. The molecule has 0 bridgehead atoms. The van der Waals surface area contributed by atoms with E-state index in [1.807, 2.05) is 4.90 Å². The number of aromatic nitrogens is 2. The summed E-state index contributed by atoms with van der Waals surface area (Å²) in [7, 11) is 0. The van der Waals surface area contributed by atoms with Gasteiger partial charge in [-0.1, -0.05) is 0 Å². The molecule has 0 saturated carbocycles. The molecule has 0 spiro atoms. The lowest BCUT2D eigenvalue weighted by molar-refractivity contribution is -1.14. The van der Waals surface area contributed by atoms with Gasteiger partial charge in [0, 0.05) is 13.1 Å². The van der Waals surface area contributed by atoms with Crippen molar-refractivity contribution in [2.45, 2.75) is 13.8 Å². The van der Waals surface area contributed by atoms with Crippen LogP contribution in [-0.4, -0.2) is 46.4 Å². The predicted octanol–water partition coefficient (Wildman–Crippen LogP) is -1.80. The van der Waals surface area contributed by atoms with Crippen molar-refractivity contribution < 1.29 is 10.5 Å². The monoisotopic (exact) mass is 255 g/mol. The van der Waals surface area contributed by atoms with Crippen LogP contribution < -0.4 is 15.8 Å². The fraction of sp³-hybridized carbons (Fsp3) is 0.600. The molecule has 1 unspecified atom stereocenters. The number of aromatic amines is 1. The number of nitrogens with zero attached hydrogens (tertiary/aromatic N) is 3. The lowest BCUT2D eigenvalue weighted by Gasteiger charge is -2.36. The Kier molecular flexibility index (Phi) is 3.62. The number of nitrogens with one attached hydrogen (secondary N) is 2. The zero-order valence-electron chi connectivity index (χ0n) is 10.4. The molecule has 2 heterocycles. The molecule has 3 N–H and O–H groups in total. The Morgan fingerprint density at radius 2 is 1.94 bits per heavy atom. The van der Waals surface area contributed by atoms with Crippen LogP contribution >= 0.6 is 0 Å². The van der Waals surface area contributed by atoms with Gasteiger partial charge in [-0.3, -0.25) is 4.79 Å². The summed E-state index contributed by atoms with van der Waals surface area (Å²) in [6.07, 6.45) is 0. The Balaban J connectivity index is 2.18. The van der Waals surface area contributed by atoms with E-state index in [0.29, 0.717) is 43.4 Å². The lowest BCUT2D eigenvalue weighted by atomic mass is 10.2. The zero-order valence-corrected chi connectivity index (χ0v) is 10.4. The maximum Gasteiger partial charge on any atom is 0.274 e. The van der Waals surface area contributed by atoms with Gasteiger partial charge in [0.05, 0.1) is 18.8 Å². The first kappa shape index (κ1) is 13.0. The number of hydrogen-bond acceptors (Lipinski definition) is 6. The molecule has 8 nitrogen and oxygen atoms in total. The van der Waals surface area contributed by atoms with Gasteiger partial charge in [0.2, 0.25) is 0 Å². The molecule has 100 valence electrons. The van der Waals surface area contributed by atoms with Crippen LogP contribution in [0.15, 0.2) is 4.79 Å². The SMILES string of the molecule is Cc1nc(C)c(N2CCN([NH+]([O-])O)CC2)c(=O)[nH]1. The fourth-order valence-electron chi connectivity index (χ4n) is 2.21. The Bertz CT molecular complexity index is 479. The Morgan fingerprint density at radius 3 is 2.44 bits per heavy atom. The second-order valence-electron chi connectivity index (χ2n) is 4.34. The topological polar surface area (TPSA) is 100.0 Å². The maximum absolute atomic E-state index is 11.9. The van der Waals surface area contributed by atoms with E-state index in [0.717, 1.165) is 0 Å². The molecule has 2 rings (SSSR count). The Labute approximate surface area is 104 Å². The van der Waals surface area contributed by atoms with Gasteiger partial charge < -0.3 is 15.1 Å². The molecule has 1 aromatic heterocycles. The molecule has 0 aliphatic carbocycles. The molecule has 18 heavy (non-hydrogen) atoms. The van der Waals surface area contributed by atoms with Crippen molar-refractivity contribution in [1.82, 2.24) is 15.0 Å². The van der Waals surface area contributed by atoms with Gasteiger partial charge in [-0.2, -0.15) is 5.21 Å². The highest BCUT2D eigenvalue weighted by Gasteiger charge is 2.24. The van der Waals surface area contributed by atoms with E-state index in [4.69, 9.17) is 5.21 Å². The number of quaternary nitrogens is 1. The van der Waals surface area contributed by atoms with Gasteiger partial charge in [-0.25, -0.2) is 4.98 Å². The van der Waals surface area contributed by atoms with Crippen molar-refractivity contribution >= 4 is 5.69 Å². The smallest absolute Gasteiger partial charge is 0.274 e. The number of anilines is 1. The van der Waals surface area contributed by atoms with Gasteiger partial charge in [-0.05, 0) is 13.8 Å². The van der Waals surface area contributed by atoms with E-state index in [1.54, 1.807) is 13.8 Å². The van der Waals surface area contributed by atoms with Gasteiger partial charge in [0.15, 0.2) is 0 Å². The molecule has 0 aromatic carbocycles. The van der Waals surface area contributed by atoms with Crippen LogP contribution in [0.4, 0.5) is 5.69 Å². The molecule has 1 saturated heterocycles. The van der Waals surface area contributed by atoms with Crippen molar-refractivity contribution in [3.8, 4) is 0 Å². The molecule has 1 aliphatic heterocycles. The summed E-state index contributed by atoms with van der Waals surface area (Å²) in [6.45, 7) is 5.37. The van der Waals surface area contributed by atoms with Gasteiger partial charge >= 0.3 is 0 Å². The van der Waals surface area contributed by atoms with E-state index >= 15 is 0 Å². The minimum absolute atomic E-state index is 0.163. The quantitative estimate of drug-likeness (QED) is 0.539. The summed E-state index contributed by atoms with van der Waals surface area (Å²) in [5, 5.41) is 20.1. The lowest BCUT2D eigenvalue weighted by Crippen LogP contribution is -3.12. The third kappa shape index (κ3) is 2.51. The molecule has 8 heteroatoms. The van der Waals surface area contributed by atoms with E-state index < -0.39 is 5.34 Å². The van der Waals surface area contributed by atoms with Crippen molar-refractivity contribution in [3.05, 3.63) is 27.1 Å². The molecule has 1 fully saturated rings. The maximum atomic E-state index is 11.9. The summed E-state index contributed by atoms with van der Waals surface area (Å²) >= 11 is 0. The van der Waals surface area contributed by atoms with Gasteiger partial charge in [0.25, 0.3) is 5.56 Å². The third-order valence-electron chi connectivity index (χ3n) is 3.05. The zero-order chi connectivity index (χ0) is 13.3. The molecule has 1 aliphatic rings. The number of aryl methyl sites for hydroxylation is 2. The average molecular weight is 255 g/mol. The second-order valence-corrected chi connectivity index (χ2v) is 4.34. The van der Waals surface area contributed by atoms with Crippen LogP contribution in [-0.2, 0) is 0 Å². The first-order chi connectivity index (χ1) is 8.49. The third-order valence-corrected chi connectivity index (χ3v) is 3.05. The largest absolute Gasteiger partial charge is 0.579 e. The highest BCUT2D eigenvalue weighted by molar-refractivity contribution is 5.48. The van der Waals surface area contributed by atoms with Crippen molar-refractivity contribution in [1.29, 1.82) is 0 Å². The van der Waals surface area contributed by atoms with E-state index in [9.17, 15) is 10.0 Å². The van der Waals surface area contributed by atoms with Crippen LogP contribution in [0.3, 0.4) is 0 Å². The van der Waals surface area contributed by atoms with Gasteiger partial charge in [0.1, 0.15) is 11.5 Å². The van der Waals surface area contributed by atoms with Crippen LogP contribution in [0, 0.1) is 19.1 Å². The number of rotatable bonds is 2. The fourth-order valence-corrected chi connectivity index (χ4v) is 2.21. The Hall–Kier alpha value is -1.48. The first-order valence-corrected chi connectivity index (χ1v) is 5.79. The molecular formula is C10H17N5O3.